The van der Waals surface area contributed by atoms with Crippen molar-refractivity contribution in [1.82, 2.24) is 0 Å². The van der Waals surface area contributed by atoms with Crippen LogP contribution in [0.1, 0.15) is 31.7 Å². The minimum atomic E-state index is 0.450. The highest BCUT2D eigenvalue weighted by Gasteiger charge is 2.29. The third kappa shape index (κ3) is 2.60. The van der Waals surface area contributed by atoms with Crippen LogP contribution < -0.4 is 5.73 Å². The molecule has 82 valence electrons. The molecule has 0 spiro atoms. The molecule has 1 aromatic carbocycles. The van der Waals surface area contributed by atoms with Crippen molar-refractivity contribution in [3.05, 3.63) is 35.9 Å². The van der Waals surface area contributed by atoms with Crippen LogP contribution in [0, 0.1) is 11.8 Å². The van der Waals surface area contributed by atoms with E-state index in [-0.39, 0.29) is 0 Å². The lowest BCUT2D eigenvalue weighted by molar-refractivity contribution is 0.370. The van der Waals surface area contributed by atoms with Gasteiger partial charge in [-0.2, -0.15) is 0 Å². The van der Waals surface area contributed by atoms with E-state index in [9.17, 15) is 0 Å². The smallest absolute Gasteiger partial charge is 0.00672 e. The zero-order valence-corrected chi connectivity index (χ0v) is 9.52. The molecule has 2 N–H and O–H groups in total. The van der Waals surface area contributed by atoms with Crippen molar-refractivity contribution in [2.24, 2.45) is 17.6 Å². The summed E-state index contributed by atoms with van der Waals surface area (Å²) in [4.78, 5) is 0. The molecule has 0 saturated heterocycles. The number of hydrogen-bond acceptors (Lipinski definition) is 1. The Bertz CT molecular complexity index is 293. The Balaban J connectivity index is 1.84. The van der Waals surface area contributed by atoms with Crippen molar-refractivity contribution in [3.63, 3.8) is 0 Å². The molecule has 1 saturated carbocycles. The molecule has 1 aliphatic rings. The Labute approximate surface area is 92.7 Å². The topological polar surface area (TPSA) is 26.0 Å². The number of nitrogens with two attached hydrogens (primary N) is 1. The van der Waals surface area contributed by atoms with Crippen LogP contribution in [0.4, 0.5) is 0 Å². The Morgan fingerprint density at radius 3 is 2.53 bits per heavy atom. The molecule has 0 radical (unpaired) electrons. The first-order chi connectivity index (χ1) is 7.27. The van der Waals surface area contributed by atoms with Gasteiger partial charge in [-0.05, 0) is 43.1 Å². The maximum atomic E-state index is 6.04. The zero-order valence-electron chi connectivity index (χ0n) is 9.52. The summed E-state index contributed by atoms with van der Waals surface area (Å²) in [7, 11) is 0. The summed E-state index contributed by atoms with van der Waals surface area (Å²) in [6.45, 7) is 2.31. The van der Waals surface area contributed by atoms with Gasteiger partial charge >= 0.3 is 0 Å². The molecule has 1 aromatic rings. The van der Waals surface area contributed by atoms with Gasteiger partial charge in [0, 0.05) is 6.04 Å². The number of rotatable bonds is 3. The number of hydrogen-bond donors (Lipinski definition) is 1. The summed E-state index contributed by atoms with van der Waals surface area (Å²) >= 11 is 0. The van der Waals surface area contributed by atoms with Gasteiger partial charge < -0.3 is 5.73 Å². The van der Waals surface area contributed by atoms with Crippen molar-refractivity contribution < 1.29 is 0 Å². The van der Waals surface area contributed by atoms with E-state index in [1.54, 1.807) is 0 Å². The molecule has 3 unspecified atom stereocenters. The number of benzene rings is 1. The first kappa shape index (κ1) is 10.7. The highest BCUT2D eigenvalue weighted by molar-refractivity contribution is 5.14. The molecule has 0 bridgehead atoms. The van der Waals surface area contributed by atoms with E-state index < -0.39 is 0 Å². The minimum Gasteiger partial charge on any atom is -0.327 e. The highest BCUT2D eigenvalue weighted by Crippen LogP contribution is 2.33. The lowest BCUT2D eigenvalue weighted by Gasteiger charge is -2.17. The molecule has 0 amide bonds. The molecule has 1 heteroatoms. The van der Waals surface area contributed by atoms with Crippen LogP contribution in [-0.2, 0) is 6.42 Å². The summed E-state index contributed by atoms with van der Waals surface area (Å²) in [5.41, 5.74) is 7.50. The molecular weight excluding hydrogens is 182 g/mol. The van der Waals surface area contributed by atoms with Crippen molar-refractivity contribution in [1.29, 1.82) is 0 Å². The number of aryl methyl sites for hydroxylation is 1. The van der Waals surface area contributed by atoms with Gasteiger partial charge in [0.05, 0.1) is 0 Å². The van der Waals surface area contributed by atoms with Crippen LogP contribution in [0.2, 0.25) is 0 Å². The SMILES string of the molecule is CC1C(N)CCC1CCc1ccccc1. The van der Waals surface area contributed by atoms with E-state index in [4.69, 9.17) is 5.73 Å². The molecule has 15 heavy (non-hydrogen) atoms. The molecule has 0 heterocycles. The van der Waals surface area contributed by atoms with Crippen molar-refractivity contribution in [2.45, 2.75) is 38.6 Å². The van der Waals surface area contributed by atoms with Gasteiger partial charge in [-0.15, -0.1) is 0 Å². The van der Waals surface area contributed by atoms with Crippen molar-refractivity contribution in [2.75, 3.05) is 0 Å². The molecular formula is C14H21N. The first-order valence-electron chi connectivity index (χ1n) is 6.07. The van der Waals surface area contributed by atoms with Gasteiger partial charge in [0.2, 0.25) is 0 Å². The molecule has 3 atom stereocenters. The lowest BCUT2D eigenvalue weighted by atomic mass is 9.90. The third-order valence-corrected chi connectivity index (χ3v) is 3.94. The summed E-state index contributed by atoms with van der Waals surface area (Å²) in [5, 5.41) is 0. The van der Waals surface area contributed by atoms with Crippen LogP contribution >= 0.6 is 0 Å². The fourth-order valence-electron chi connectivity index (χ4n) is 2.69. The van der Waals surface area contributed by atoms with Crippen LogP contribution in [0.15, 0.2) is 30.3 Å². The van der Waals surface area contributed by atoms with Crippen LogP contribution in [0.25, 0.3) is 0 Å². The Morgan fingerprint density at radius 1 is 1.20 bits per heavy atom. The maximum Gasteiger partial charge on any atom is 0.00672 e. The van der Waals surface area contributed by atoms with Gasteiger partial charge in [0.15, 0.2) is 0 Å². The second-order valence-electron chi connectivity index (χ2n) is 4.88. The minimum absolute atomic E-state index is 0.450. The van der Waals surface area contributed by atoms with Crippen molar-refractivity contribution >= 4 is 0 Å². The van der Waals surface area contributed by atoms with Gasteiger partial charge in [0.1, 0.15) is 0 Å². The molecule has 1 aliphatic carbocycles. The van der Waals surface area contributed by atoms with Gasteiger partial charge in [-0.3, -0.25) is 0 Å². The van der Waals surface area contributed by atoms with Crippen LogP contribution in [0.3, 0.4) is 0 Å². The fraction of sp³-hybridized carbons (Fsp3) is 0.571. The molecule has 1 fully saturated rings. The average Bonchev–Trinajstić information content (AvgIpc) is 2.59. The predicted molar refractivity (Wildman–Crippen MR) is 64.6 cm³/mol. The second kappa shape index (κ2) is 4.80. The largest absolute Gasteiger partial charge is 0.327 e. The highest BCUT2D eigenvalue weighted by atomic mass is 14.7. The van der Waals surface area contributed by atoms with Crippen LogP contribution in [-0.4, -0.2) is 6.04 Å². The first-order valence-corrected chi connectivity index (χ1v) is 6.07. The molecule has 0 aromatic heterocycles. The Hall–Kier alpha value is -0.820. The van der Waals surface area contributed by atoms with Crippen LogP contribution in [0.5, 0.6) is 0 Å². The molecule has 0 aliphatic heterocycles. The lowest BCUT2D eigenvalue weighted by Crippen LogP contribution is -2.25. The summed E-state index contributed by atoms with van der Waals surface area (Å²) in [6.07, 6.45) is 5.07. The monoisotopic (exact) mass is 203 g/mol. The Morgan fingerprint density at radius 2 is 1.93 bits per heavy atom. The van der Waals surface area contributed by atoms with E-state index in [1.807, 2.05) is 0 Å². The van der Waals surface area contributed by atoms with Gasteiger partial charge in [-0.1, -0.05) is 37.3 Å². The standard InChI is InChI=1S/C14H21N/c1-11-13(9-10-14(11)15)8-7-12-5-3-2-4-6-12/h2-6,11,13-14H,7-10,15H2,1H3. The average molecular weight is 203 g/mol. The zero-order chi connectivity index (χ0) is 10.7. The van der Waals surface area contributed by atoms with E-state index in [2.05, 4.69) is 37.3 Å². The predicted octanol–water partition coefficient (Wildman–Crippen LogP) is 2.99. The second-order valence-corrected chi connectivity index (χ2v) is 4.88. The maximum absolute atomic E-state index is 6.04. The third-order valence-electron chi connectivity index (χ3n) is 3.94. The summed E-state index contributed by atoms with van der Waals surface area (Å²) in [5.74, 6) is 1.56. The fourth-order valence-corrected chi connectivity index (χ4v) is 2.69. The van der Waals surface area contributed by atoms with E-state index >= 15 is 0 Å². The van der Waals surface area contributed by atoms with Gasteiger partial charge in [-0.25, -0.2) is 0 Å². The quantitative estimate of drug-likeness (QED) is 0.803. The Kier molecular flexibility index (Phi) is 3.42. The molecule has 1 nitrogen and oxygen atoms in total. The normalized spacial score (nSPS) is 30.7. The van der Waals surface area contributed by atoms with E-state index in [0.29, 0.717) is 12.0 Å². The summed E-state index contributed by atoms with van der Waals surface area (Å²) < 4.78 is 0. The van der Waals surface area contributed by atoms with E-state index in [1.165, 1.54) is 31.2 Å². The molecule has 2 rings (SSSR count). The van der Waals surface area contributed by atoms with Gasteiger partial charge in [0.25, 0.3) is 0 Å². The van der Waals surface area contributed by atoms with Crippen molar-refractivity contribution in [3.8, 4) is 0 Å². The van der Waals surface area contributed by atoms with E-state index in [0.717, 1.165) is 5.92 Å². The summed E-state index contributed by atoms with van der Waals surface area (Å²) in [6, 6.07) is 11.2.